The monoisotopic (exact) mass is 585 g/mol. The highest BCUT2D eigenvalue weighted by atomic mass is 19.1. The Hall–Kier alpha value is -3.86. The molecule has 1 amide bonds. The van der Waals surface area contributed by atoms with Crippen molar-refractivity contribution in [3.05, 3.63) is 59.4 Å². The molecule has 0 unspecified atom stereocenters. The number of hydrogen-bond acceptors (Lipinski definition) is 9. The molecule has 11 heteroatoms. The molecule has 224 valence electrons. The van der Waals surface area contributed by atoms with E-state index in [1.165, 1.54) is 30.1 Å². The van der Waals surface area contributed by atoms with Crippen molar-refractivity contribution in [3.8, 4) is 17.4 Å². The molecular formula is C32H36FN7O3. The SMILES string of the molecule is CC(C)N(C(=O)c1cc(F)ccc1Oc1nncnc1N1CC2(CC(Oc3ccnc4c3CNCC4)C2)C1)C12CC(C1)C2. The maximum absolute atomic E-state index is 14.5. The number of nitrogens with one attached hydrogen (secondary N) is 1. The number of hydrogen-bond donors (Lipinski definition) is 1. The maximum Gasteiger partial charge on any atom is 0.282 e. The second-order valence-corrected chi connectivity index (χ2v) is 13.5. The summed E-state index contributed by atoms with van der Waals surface area (Å²) in [5, 5.41) is 11.6. The molecule has 2 aromatic heterocycles. The summed E-state index contributed by atoms with van der Waals surface area (Å²) in [5.74, 6) is 2.00. The van der Waals surface area contributed by atoms with Crippen molar-refractivity contribution in [2.45, 2.75) is 76.6 Å². The molecule has 1 saturated heterocycles. The fourth-order valence-electron chi connectivity index (χ4n) is 8.05. The Morgan fingerprint density at radius 3 is 2.67 bits per heavy atom. The topological polar surface area (TPSA) is 106 Å². The van der Waals surface area contributed by atoms with Gasteiger partial charge in [-0.2, -0.15) is 0 Å². The van der Waals surface area contributed by atoms with Crippen molar-refractivity contribution in [2.24, 2.45) is 11.3 Å². The number of halogens is 1. The highest BCUT2D eigenvalue weighted by molar-refractivity contribution is 5.98. The number of pyridine rings is 1. The summed E-state index contributed by atoms with van der Waals surface area (Å²) >= 11 is 0. The summed E-state index contributed by atoms with van der Waals surface area (Å²) in [6, 6.07) is 6.04. The number of aromatic nitrogens is 4. The zero-order chi connectivity index (χ0) is 29.3. The first-order chi connectivity index (χ1) is 20.8. The van der Waals surface area contributed by atoms with Crippen LogP contribution in [0.3, 0.4) is 0 Å². The predicted octanol–water partition coefficient (Wildman–Crippen LogP) is 4.29. The molecule has 9 rings (SSSR count). The van der Waals surface area contributed by atoms with Crippen LogP contribution in [0.2, 0.25) is 0 Å². The fraction of sp³-hybridized carbons (Fsp3) is 0.531. The minimum absolute atomic E-state index is 0.00758. The van der Waals surface area contributed by atoms with Gasteiger partial charge in [-0.1, -0.05) is 0 Å². The summed E-state index contributed by atoms with van der Waals surface area (Å²) in [6.07, 6.45) is 9.34. The fourth-order valence-corrected chi connectivity index (χ4v) is 8.05. The Bertz CT molecular complexity index is 1570. The number of carbonyl (C=O) groups is 1. The Morgan fingerprint density at radius 2 is 1.93 bits per heavy atom. The lowest BCUT2D eigenvalue weighted by Gasteiger charge is -2.67. The van der Waals surface area contributed by atoms with Crippen LogP contribution in [-0.4, -0.2) is 68.3 Å². The first-order valence-electron chi connectivity index (χ1n) is 15.4. The zero-order valence-electron chi connectivity index (χ0n) is 24.6. The summed E-state index contributed by atoms with van der Waals surface area (Å²) in [6.45, 7) is 7.38. The number of anilines is 1. The van der Waals surface area contributed by atoms with E-state index in [0.717, 1.165) is 76.1 Å². The Morgan fingerprint density at radius 1 is 1.12 bits per heavy atom. The van der Waals surface area contributed by atoms with Crippen molar-refractivity contribution in [2.75, 3.05) is 24.5 Å². The molecule has 10 nitrogen and oxygen atoms in total. The summed E-state index contributed by atoms with van der Waals surface area (Å²) in [7, 11) is 0. The second-order valence-electron chi connectivity index (χ2n) is 13.5. The van der Waals surface area contributed by atoms with Gasteiger partial charge in [0.15, 0.2) is 5.82 Å². The van der Waals surface area contributed by atoms with E-state index in [9.17, 15) is 9.18 Å². The Kier molecular flexibility index (Phi) is 6.12. The normalized spacial score (nSPS) is 24.7. The smallest absolute Gasteiger partial charge is 0.282 e. The van der Waals surface area contributed by atoms with E-state index in [1.807, 2.05) is 31.0 Å². The van der Waals surface area contributed by atoms with Gasteiger partial charge in [0, 0.05) is 67.0 Å². The predicted molar refractivity (Wildman–Crippen MR) is 156 cm³/mol. The molecule has 5 fully saturated rings. The van der Waals surface area contributed by atoms with E-state index in [4.69, 9.17) is 9.47 Å². The lowest BCUT2D eigenvalue weighted by atomic mass is 9.48. The van der Waals surface area contributed by atoms with Crippen LogP contribution in [-0.2, 0) is 13.0 Å². The van der Waals surface area contributed by atoms with Crippen LogP contribution in [0.15, 0.2) is 36.8 Å². The third kappa shape index (κ3) is 4.42. The molecule has 6 aliphatic rings. The summed E-state index contributed by atoms with van der Waals surface area (Å²) < 4.78 is 27.1. The minimum atomic E-state index is -0.482. The molecular weight excluding hydrogens is 549 g/mol. The molecule has 1 spiro atoms. The summed E-state index contributed by atoms with van der Waals surface area (Å²) in [4.78, 5) is 26.9. The first kappa shape index (κ1) is 26.7. The molecule has 4 saturated carbocycles. The van der Waals surface area contributed by atoms with Crippen molar-refractivity contribution in [3.63, 3.8) is 0 Å². The van der Waals surface area contributed by atoms with Gasteiger partial charge in [0.2, 0.25) is 0 Å². The third-order valence-corrected chi connectivity index (χ3v) is 10.1. The molecule has 4 aliphatic carbocycles. The average Bonchev–Trinajstić information content (AvgIpc) is 2.91. The molecule has 1 aromatic carbocycles. The second kappa shape index (κ2) is 9.83. The van der Waals surface area contributed by atoms with E-state index >= 15 is 0 Å². The number of ether oxygens (including phenoxy) is 2. The Balaban J connectivity index is 0.959. The molecule has 0 radical (unpaired) electrons. The average molecular weight is 586 g/mol. The van der Waals surface area contributed by atoms with E-state index < -0.39 is 5.82 Å². The standard InChI is InChI=1S/C32H36FN7O3/c1-19(2)40(32-10-20(11-32)12-32)30(41)23-9-21(33)3-4-26(23)43-29-28(36-18-37-38-29)39-16-31(17-39)13-22(14-31)42-27-6-8-35-25-5-7-34-15-24(25)27/h3-4,6,8-9,18-20,22,34H,5,7,10-17H2,1-2H3. The van der Waals surface area contributed by atoms with E-state index in [1.54, 1.807) is 0 Å². The van der Waals surface area contributed by atoms with E-state index in [0.29, 0.717) is 11.7 Å². The van der Waals surface area contributed by atoms with Gasteiger partial charge in [0.1, 0.15) is 29.7 Å². The number of carbonyl (C=O) groups excluding carboxylic acids is 1. The molecule has 2 bridgehead atoms. The van der Waals surface area contributed by atoms with E-state index in [-0.39, 0.29) is 46.2 Å². The molecule has 1 N–H and O–H groups in total. The van der Waals surface area contributed by atoms with Gasteiger partial charge in [-0.3, -0.25) is 9.78 Å². The molecule has 2 aliphatic heterocycles. The van der Waals surface area contributed by atoms with Crippen LogP contribution in [0, 0.1) is 17.2 Å². The van der Waals surface area contributed by atoms with Crippen LogP contribution in [0.4, 0.5) is 10.2 Å². The third-order valence-electron chi connectivity index (χ3n) is 10.1. The number of rotatable bonds is 8. The van der Waals surface area contributed by atoms with Crippen molar-refractivity contribution in [1.82, 2.24) is 30.4 Å². The molecule has 3 aromatic rings. The number of nitrogens with zero attached hydrogens (tertiary/aromatic N) is 6. The lowest BCUT2D eigenvalue weighted by molar-refractivity contribution is -0.134. The van der Waals surface area contributed by atoms with Crippen LogP contribution in [0.5, 0.6) is 17.4 Å². The highest BCUT2D eigenvalue weighted by Crippen LogP contribution is 2.61. The van der Waals surface area contributed by atoms with Gasteiger partial charge >= 0.3 is 0 Å². The number of benzene rings is 1. The van der Waals surface area contributed by atoms with Gasteiger partial charge < -0.3 is 24.6 Å². The zero-order valence-corrected chi connectivity index (χ0v) is 24.6. The van der Waals surface area contributed by atoms with Gasteiger partial charge in [-0.05, 0) is 76.1 Å². The lowest BCUT2D eigenvalue weighted by Crippen LogP contribution is -2.71. The van der Waals surface area contributed by atoms with Gasteiger partial charge in [-0.25, -0.2) is 9.37 Å². The minimum Gasteiger partial charge on any atom is -0.490 e. The highest BCUT2D eigenvalue weighted by Gasteiger charge is 2.62. The van der Waals surface area contributed by atoms with Crippen LogP contribution >= 0.6 is 0 Å². The largest absolute Gasteiger partial charge is 0.490 e. The van der Waals surface area contributed by atoms with Crippen LogP contribution in [0.1, 0.15) is 67.6 Å². The van der Waals surface area contributed by atoms with E-state index in [2.05, 4.69) is 30.4 Å². The maximum atomic E-state index is 14.5. The quantitative estimate of drug-likeness (QED) is 0.414. The van der Waals surface area contributed by atoms with Gasteiger partial charge in [0.05, 0.1) is 5.56 Å². The van der Waals surface area contributed by atoms with Crippen molar-refractivity contribution in [1.29, 1.82) is 0 Å². The number of fused-ring (bicyclic) bond motifs is 1. The van der Waals surface area contributed by atoms with Crippen LogP contribution in [0.25, 0.3) is 0 Å². The van der Waals surface area contributed by atoms with Crippen molar-refractivity contribution >= 4 is 11.7 Å². The van der Waals surface area contributed by atoms with Gasteiger partial charge in [0.25, 0.3) is 11.8 Å². The molecule has 4 heterocycles. The van der Waals surface area contributed by atoms with Crippen LogP contribution < -0.4 is 19.7 Å². The Labute approximate surface area is 250 Å². The number of amides is 1. The molecule has 0 atom stereocenters. The summed E-state index contributed by atoms with van der Waals surface area (Å²) in [5.41, 5.74) is 2.56. The van der Waals surface area contributed by atoms with Gasteiger partial charge in [-0.15, -0.1) is 10.2 Å². The molecule has 43 heavy (non-hydrogen) atoms. The van der Waals surface area contributed by atoms with Crippen molar-refractivity contribution < 1.29 is 18.7 Å². The first-order valence-corrected chi connectivity index (χ1v) is 15.4.